The summed E-state index contributed by atoms with van der Waals surface area (Å²) in [6.07, 6.45) is 5.19. The Hall–Kier alpha value is -2.14. The Kier molecular flexibility index (Phi) is 3.87. The number of benzene rings is 1. The molecule has 2 aromatic heterocycles. The number of rotatable bonds is 2. The smallest absolute Gasteiger partial charge is 0.133 e. The van der Waals surface area contributed by atoms with E-state index in [2.05, 4.69) is 32.3 Å². The fourth-order valence-electron chi connectivity index (χ4n) is 3.01. The average Bonchev–Trinajstić information content (AvgIpc) is 2.78. The molecule has 3 aromatic rings. The summed E-state index contributed by atoms with van der Waals surface area (Å²) in [6.45, 7) is 0.977. The maximum atomic E-state index is 4.90. The van der Waals surface area contributed by atoms with Crippen molar-refractivity contribution >= 4 is 21.7 Å². The van der Waals surface area contributed by atoms with E-state index in [4.69, 9.17) is 5.10 Å². The van der Waals surface area contributed by atoms with Crippen LogP contribution < -0.4 is 5.32 Å². The molecule has 0 unspecified atom stereocenters. The highest BCUT2D eigenvalue weighted by Gasteiger charge is 2.22. The molecule has 3 heterocycles. The molecule has 1 aliphatic rings. The monoisotopic (exact) mass is 368 g/mol. The van der Waals surface area contributed by atoms with Crippen LogP contribution in [0.15, 0.2) is 53.1 Å². The van der Waals surface area contributed by atoms with Crippen molar-refractivity contribution in [3.8, 4) is 17.1 Å². The molecule has 1 aromatic carbocycles. The van der Waals surface area contributed by atoms with Crippen molar-refractivity contribution in [3.63, 3.8) is 0 Å². The molecule has 0 aliphatic carbocycles. The van der Waals surface area contributed by atoms with Crippen molar-refractivity contribution in [2.75, 3.05) is 11.9 Å². The van der Waals surface area contributed by atoms with Crippen LogP contribution in [0.25, 0.3) is 17.1 Å². The Morgan fingerprint density at radius 2 is 1.91 bits per heavy atom. The van der Waals surface area contributed by atoms with Crippen molar-refractivity contribution in [1.82, 2.24) is 14.8 Å². The van der Waals surface area contributed by atoms with Crippen molar-refractivity contribution in [2.45, 2.75) is 19.3 Å². The van der Waals surface area contributed by atoms with Gasteiger partial charge in [0.2, 0.25) is 0 Å². The molecule has 1 aliphatic heterocycles. The second-order valence-corrected chi connectivity index (χ2v) is 6.49. The molecule has 23 heavy (non-hydrogen) atoms. The number of para-hydroxylation sites is 1. The lowest BCUT2D eigenvalue weighted by molar-refractivity contribution is 0.779. The largest absolute Gasteiger partial charge is 0.370 e. The Bertz CT molecular complexity index is 826. The van der Waals surface area contributed by atoms with Gasteiger partial charge in [-0.3, -0.25) is 4.98 Å². The lowest BCUT2D eigenvalue weighted by atomic mass is 10.1. The van der Waals surface area contributed by atoms with E-state index in [9.17, 15) is 0 Å². The highest BCUT2D eigenvalue weighted by molar-refractivity contribution is 9.10. The van der Waals surface area contributed by atoms with E-state index in [0.717, 1.165) is 40.3 Å². The van der Waals surface area contributed by atoms with E-state index >= 15 is 0 Å². The molecule has 4 rings (SSSR count). The topological polar surface area (TPSA) is 42.7 Å². The summed E-state index contributed by atoms with van der Waals surface area (Å²) in [7, 11) is 0. The van der Waals surface area contributed by atoms with Gasteiger partial charge in [0, 0.05) is 22.8 Å². The normalized spacial score (nSPS) is 14.0. The molecule has 0 amide bonds. The molecule has 5 heteroatoms. The molecule has 0 bridgehead atoms. The van der Waals surface area contributed by atoms with Gasteiger partial charge in [0.25, 0.3) is 0 Å². The molecule has 0 saturated carbocycles. The van der Waals surface area contributed by atoms with E-state index in [0.29, 0.717) is 0 Å². The molecule has 4 nitrogen and oxygen atoms in total. The third-order valence-corrected chi connectivity index (χ3v) is 4.79. The minimum atomic E-state index is 0.929. The molecule has 0 fully saturated rings. The Labute approximate surface area is 143 Å². The fourth-order valence-corrected chi connectivity index (χ4v) is 3.46. The zero-order valence-corrected chi connectivity index (χ0v) is 14.3. The number of hydrogen-bond donors (Lipinski definition) is 1. The standard InChI is InChI=1S/C18H17BrN4/c19-14-8-1-2-10-16(14)23-18-13(7-3-5-12-21-18)17(22-23)15-9-4-6-11-20-15/h1-2,4,6,8-11,21H,3,5,7,12H2. The number of aromatic nitrogens is 3. The first kappa shape index (κ1) is 14.5. The van der Waals surface area contributed by atoms with Crippen LogP contribution in [0.5, 0.6) is 0 Å². The molecule has 0 spiro atoms. The minimum absolute atomic E-state index is 0.929. The Morgan fingerprint density at radius 1 is 1.04 bits per heavy atom. The van der Waals surface area contributed by atoms with Gasteiger partial charge in [-0.05, 0) is 59.5 Å². The van der Waals surface area contributed by atoms with Gasteiger partial charge in [-0.1, -0.05) is 18.2 Å². The number of fused-ring (bicyclic) bond motifs is 1. The third kappa shape index (κ3) is 2.65. The van der Waals surface area contributed by atoms with Crippen LogP contribution in [-0.4, -0.2) is 21.3 Å². The molecule has 0 atom stereocenters. The van der Waals surface area contributed by atoms with Crippen LogP contribution in [0.1, 0.15) is 18.4 Å². The van der Waals surface area contributed by atoms with E-state index < -0.39 is 0 Å². The van der Waals surface area contributed by atoms with Crippen molar-refractivity contribution in [3.05, 3.63) is 58.7 Å². The quantitative estimate of drug-likeness (QED) is 0.726. The lowest BCUT2D eigenvalue weighted by Gasteiger charge is -2.10. The lowest BCUT2D eigenvalue weighted by Crippen LogP contribution is -2.07. The van der Waals surface area contributed by atoms with Gasteiger partial charge in [0.15, 0.2) is 0 Å². The van der Waals surface area contributed by atoms with Gasteiger partial charge in [0.1, 0.15) is 11.5 Å². The SMILES string of the molecule is Brc1ccccc1-n1nc(-c2ccccn2)c2c1NCCCC2. The van der Waals surface area contributed by atoms with Crippen molar-refractivity contribution in [1.29, 1.82) is 0 Å². The maximum Gasteiger partial charge on any atom is 0.133 e. The van der Waals surface area contributed by atoms with Crippen LogP contribution in [0.2, 0.25) is 0 Å². The Balaban J connectivity index is 1.94. The highest BCUT2D eigenvalue weighted by Crippen LogP contribution is 2.34. The van der Waals surface area contributed by atoms with Crippen molar-refractivity contribution in [2.24, 2.45) is 0 Å². The van der Waals surface area contributed by atoms with E-state index in [1.807, 2.05) is 47.3 Å². The van der Waals surface area contributed by atoms with Gasteiger partial charge in [-0.2, -0.15) is 5.10 Å². The predicted octanol–water partition coefficient (Wildman–Crippen LogP) is 4.45. The minimum Gasteiger partial charge on any atom is -0.370 e. The first-order valence-corrected chi connectivity index (χ1v) is 8.66. The van der Waals surface area contributed by atoms with E-state index in [-0.39, 0.29) is 0 Å². The van der Waals surface area contributed by atoms with Gasteiger partial charge < -0.3 is 5.32 Å². The zero-order chi connectivity index (χ0) is 15.6. The van der Waals surface area contributed by atoms with E-state index in [1.165, 1.54) is 18.4 Å². The van der Waals surface area contributed by atoms with Crippen LogP contribution in [0.4, 0.5) is 5.82 Å². The van der Waals surface area contributed by atoms with Gasteiger partial charge >= 0.3 is 0 Å². The first-order valence-electron chi connectivity index (χ1n) is 7.86. The summed E-state index contributed by atoms with van der Waals surface area (Å²) < 4.78 is 3.04. The number of halogens is 1. The number of hydrogen-bond acceptors (Lipinski definition) is 3. The summed E-state index contributed by atoms with van der Waals surface area (Å²) in [5, 5.41) is 8.46. The van der Waals surface area contributed by atoms with Gasteiger partial charge in [-0.25, -0.2) is 4.68 Å². The summed E-state index contributed by atoms with van der Waals surface area (Å²) in [5.74, 6) is 1.09. The summed E-state index contributed by atoms with van der Waals surface area (Å²) >= 11 is 3.64. The number of anilines is 1. The maximum absolute atomic E-state index is 4.90. The second kappa shape index (κ2) is 6.16. The van der Waals surface area contributed by atoms with E-state index in [1.54, 1.807) is 0 Å². The third-order valence-electron chi connectivity index (χ3n) is 4.12. The summed E-state index contributed by atoms with van der Waals surface area (Å²) in [4.78, 5) is 4.50. The molecular formula is C18H17BrN4. The molecular weight excluding hydrogens is 352 g/mol. The average molecular weight is 369 g/mol. The molecule has 0 saturated heterocycles. The number of pyridine rings is 1. The van der Waals surface area contributed by atoms with Crippen molar-refractivity contribution < 1.29 is 0 Å². The number of nitrogens with one attached hydrogen (secondary N) is 1. The van der Waals surface area contributed by atoms with Crippen LogP contribution in [-0.2, 0) is 6.42 Å². The summed E-state index contributed by atoms with van der Waals surface area (Å²) in [5.41, 5.74) is 4.21. The summed E-state index contributed by atoms with van der Waals surface area (Å²) in [6, 6.07) is 14.1. The molecule has 116 valence electrons. The van der Waals surface area contributed by atoms with Gasteiger partial charge in [0.05, 0.1) is 11.4 Å². The number of nitrogens with zero attached hydrogens (tertiary/aromatic N) is 3. The zero-order valence-electron chi connectivity index (χ0n) is 12.7. The molecule has 0 radical (unpaired) electrons. The molecule has 1 N–H and O–H groups in total. The predicted molar refractivity (Wildman–Crippen MR) is 95.9 cm³/mol. The fraction of sp³-hybridized carbons (Fsp3) is 0.222. The first-order chi connectivity index (χ1) is 11.3. The van der Waals surface area contributed by atoms with Crippen LogP contribution in [0, 0.1) is 0 Å². The van der Waals surface area contributed by atoms with Crippen LogP contribution in [0.3, 0.4) is 0 Å². The van der Waals surface area contributed by atoms with Gasteiger partial charge in [-0.15, -0.1) is 0 Å². The Morgan fingerprint density at radius 3 is 2.74 bits per heavy atom. The van der Waals surface area contributed by atoms with Crippen LogP contribution >= 0.6 is 15.9 Å². The second-order valence-electron chi connectivity index (χ2n) is 5.64. The highest BCUT2D eigenvalue weighted by atomic mass is 79.9.